The molecular formula is C23H14ClF2N9. The molecule has 0 saturated carbocycles. The molecule has 0 amide bonds. The third-order valence-corrected chi connectivity index (χ3v) is 5.46. The maximum atomic E-state index is 13.7. The fraction of sp³-hybridized carbons (Fsp3) is 0.0435. The molecule has 0 fully saturated rings. The predicted molar refractivity (Wildman–Crippen MR) is 125 cm³/mol. The van der Waals surface area contributed by atoms with Gasteiger partial charge < -0.3 is 10.6 Å². The first-order valence-electron chi connectivity index (χ1n) is 10.2. The first kappa shape index (κ1) is 22.1. The number of benzene rings is 1. The van der Waals surface area contributed by atoms with Gasteiger partial charge in [-0.3, -0.25) is 15.1 Å². The zero-order chi connectivity index (χ0) is 24.4. The number of halogens is 3. The van der Waals surface area contributed by atoms with Crippen LogP contribution in [0.1, 0.15) is 22.9 Å². The Bertz CT molecular complexity index is 1550. The molecule has 0 saturated heterocycles. The fourth-order valence-corrected chi connectivity index (χ4v) is 3.86. The Morgan fingerprint density at radius 2 is 1.97 bits per heavy atom. The average molecular weight is 490 g/mol. The van der Waals surface area contributed by atoms with Crippen molar-refractivity contribution in [1.29, 1.82) is 5.26 Å². The minimum atomic E-state index is -1.22. The second kappa shape index (κ2) is 9.28. The van der Waals surface area contributed by atoms with E-state index in [1.807, 2.05) is 6.07 Å². The summed E-state index contributed by atoms with van der Waals surface area (Å²) in [4.78, 5) is 11.9. The number of nitrogens with one attached hydrogen (secondary N) is 3. The summed E-state index contributed by atoms with van der Waals surface area (Å²) in [6, 6.07) is 9.71. The molecule has 4 aromatic heterocycles. The van der Waals surface area contributed by atoms with Crippen molar-refractivity contribution >= 4 is 39.6 Å². The Labute approximate surface area is 201 Å². The number of pyridine rings is 3. The van der Waals surface area contributed by atoms with Crippen LogP contribution in [0.15, 0.2) is 61.3 Å². The summed E-state index contributed by atoms with van der Waals surface area (Å²) in [7, 11) is 0. The van der Waals surface area contributed by atoms with Gasteiger partial charge in [0, 0.05) is 41.9 Å². The maximum Gasteiger partial charge on any atom is 0.249 e. The molecule has 4 heterocycles. The van der Waals surface area contributed by atoms with Gasteiger partial charge in [0.25, 0.3) is 0 Å². The van der Waals surface area contributed by atoms with E-state index in [2.05, 4.69) is 47.1 Å². The van der Waals surface area contributed by atoms with E-state index in [0.29, 0.717) is 33.0 Å². The minimum absolute atomic E-state index is 0.151. The number of anilines is 3. The van der Waals surface area contributed by atoms with Gasteiger partial charge in [-0.2, -0.15) is 9.65 Å². The molecule has 3 N–H and O–H groups in total. The SMILES string of the molecule is N#Cc1cnc2c(Cl)cc(NC(c3cccnc3)c3c[nH]nn3)cc2c1Nc1cnc(F)c(F)c1. The molecule has 172 valence electrons. The molecule has 1 aromatic carbocycles. The van der Waals surface area contributed by atoms with Crippen LogP contribution in [-0.4, -0.2) is 30.4 Å². The van der Waals surface area contributed by atoms with Crippen LogP contribution in [0.4, 0.5) is 25.8 Å². The summed E-state index contributed by atoms with van der Waals surface area (Å²) in [5, 5.41) is 27.4. The van der Waals surface area contributed by atoms with Crippen LogP contribution in [0.25, 0.3) is 10.9 Å². The molecule has 5 aromatic rings. The van der Waals surface area contributed by atoms with Crippen LogP contribution < -0.4 is 10.6 Å². The van der Waals surface area contributed by atoms with Gasteiger partial charge in [0.1, 0.15) is 11.8 Å². The number of rotatable bonds is 6. The molecule has 0 radical (unpaired) electrons. The number of nitriles is 1. The van der Waals surface area contributed by atoms with Gasteiger partial charge >= 0.3 is 0 Å². The molecule has 0 aliphatic heterocycles. The van der Waals surface area contributed by atoms with Gasteiger partial charge in [0.15, 0.2) is 5.82 Å². The van der Waals surface area contributed by atoms with Crippen molar-refractivity contribution in [3.8, 4) is 6.07 Å². The van der Waals surface area contributed by atoms with Gasteiger partial charge in [-0.1, -0.05) is 22.9 Å². The number of hydrogen-bond acceptors (Lipinski definition) is 8. The molecule has 0 aliphatic rings. The lowest BCUT2D eigenvalue weighted by Gasteiger charge is -2.19. The number of H-pyrrole nitrogens is 1. The van der Waals surface area contributed by atoms with E-state index in [1.165, 1.54) is 6.20 Å². The van der Waals surface area contributed by atoms with Crippen molar-refractivity contribution in [3.63, 3.8) is 0 Å². The highest BCUT2D eigenvalue weighted by Crippen LogP contribution is 2.36. The third-order valence-electron chi connectivity index (χ3n) is 5.17. The standard InChI is InChI=1S/C23H14ClF2N9/c24-17-5-14(32-21(19-11-31-35-34-19)12-2-1-3-28-8-12)4-16-20(13(7-27)9-29-22(16)17)33-15-6-18(25)23(26)30-10-15/h1-6,8-11,21,32H,(H,29,33)(H,31,34,35). The van der Waals surface area contributed by atoms with E-state index in [0.717, 1.165) is 17.8 Å². The molecule has 0 bridgehead atoms. The van der Waals surface area contributed by atoms with Crippen LogP contribution >= 0.6 is 11.6 Å². The highest BCUT2D eigenvalue weighted by atomic mass is 35.5. The number of nitrogens with zero attached hydrogens (tertiary/aromatic N) is 6. The van der Waals surface area contributed by atoms with Gasteiger partial charge in [0.05, 0.1) is 39.7 Å². The van der Waals surface area contributed by atoms with Gasteiger partial charge in [-0.15, -0.1) is 5.10 Å². The van der Waals surface area contributed by atoms with E-state index in [-0.39, 0.29) is 11.3 Å². The predicted octanol–water partition coefficient (Wildman–Crippen LogP) is 4.89. The first-order chi connectivity index (χ1) is 17.0. The number of aromatic amines is 1. The Balaban J connectivity index is 1.61. The Hall–Kier alpha value is -4.69. The quantitative estimate of drug-likeness (QED) is 0.287. The Morgan fingerprint density at radius 1 is 1.09 bits per heavy atom. The van der Waals surface area contributed by atoms with Crippen molar-refractivity contribution in [2.45, 2.75) is 6.04 Å². The Morgan fingerprint density at radius 3 is 2.69 bits per heavy atom. The van der Waals surface area contributed by atoms with Crippen molar-refractivity contribution < 1.29 is 8.78 Å². The van der Waals surface area contributed by atoms with Crippen molar-refractivity contribution in [2.24, 2.45) is 0 Å². The molecule has 9 nitrogen and oxygen atoms in total. The van der Waals surface area contributed by atoms with E-state index in [9.17, 15) is 14.0 Å². The lowest BCUT2D eigenvalue weighted by molar-refractivity contribution is 0.480. The van der Waals surface area contributed by atoms with E-state index in [1.54, 1.807) is 36.8 Å². The molecule has 0 aliphatic carbocycles. The van der Waals surface area contributed by atoms with Crippen LogP contribution in [0.2, 0.25) is 5.02 Å². The summed E-state index contributed by atoms with van der Waals surface area (Å²) in [5.41, 5.74) is 3.08. The van der Waals surface area contributed by atoms with Crippen LogP contribution in [-0.2, 0) is 0 Å². The largest absolute Gasteiger partial charge is 0.373 e. The number of fused-ring (bicyclic) bond motifs is 1. The van der Waals surface area contributed by atoms with Crippen LogP contribution in [0.5, 0.6) is 0 Å². The lowest BCUT2D eigenvalue weighted by atomic mass is 10.0. The second-order valence-electron chi connectivity index (χ2n) is 7.40. The van der Waals surface area contributed by atoms with Crippen LogP contribution in [0.3, 0.4) is 0 Å². The smallest absolute Gasteiger partial charge is 0.249 e. The van der Waals surface area contributed by atoms with Crippen molar-refractivity contribution in [1.82, 2.24) is 30.4 Å². The summed E-state index contributed by atoms with van der Waals surface area (Å²) in [6.07, 6.45) is 7.50. The zero-order valence-electron chi connectivity index (χ0n) is 17.7. The van der Waals surface area contributed by atoms with Gasteiger partial charge in [0.2, 0.25) is 5.95 Å². The first-order valence-corrected chi connectivity index (χ1v) is 10.5. The van der Waals surface area contributed by atoms with E-state index >= 15 is 0 Å². The van der Waals surface area contributed by atoms with E-state index < -0.39 is 17.8 Å². The molecule has 0 spiro atoms. The maximum absolute atomic E-state index is 13.7. The molecule has 35 heavy (non-hydrogen) atoms. The summed E-state index contributed by atoms with van der Waals surface area (Å²) < 4.78 is 27.0. The summed E-state index contributed by atoms with van der Waals surface area (Å²) in [6.45, 7) is 0. The van der Waals surface area contributed by atoms with Crippen LogP contribution in [0, 0.1) is 23.1 Å². The molecule has 5 rings (SSSR count). The number of hydrogen-bond donors (Lipinski definition) is 3. The lowest BCUT2D eigenvalue weighted by Crippen LogP contribution is -2.13. The highest BCUT2D eigenvalue weighted by Gasteiger charge is 2.19. The summed E-state index contributed by atoms with van der Waals surface area (Å²) in [5.74, 6) is -2.35. The monoisotopic (exact) mass is 489 g/mol. The van der Waals surface area contributed by atoms with Crippen molar-refractivity contribution in [2.75, 3.05) is 10.6 Å². The number of aromatic nitrogens is 6. The normalized spacial score (nSPS) is 11.7. The second-order valence-corrected chi connectivity index (χ2v) is 7.80. The topological polar surface area (TPSA) is 128 Å². The third kappa shape index (κ3) is 4.42. The summed E-state index contributed by atoms with van der Waals surface area (Å²) >= 11 is 6.55. The fourth-order valence-electron chi connectivity index (χ4n) is 3.59. The molecule has 12 heteroatoms. The van der Waals surface area contributed by atoms with Gasteiger partial charge in [-0.25, -0.2) is 9.37 Å². The Kier molecular flexibility index (Phi) is 5.87. The minimum Gasteiger partial charge on any atom is -0.373 e. The average Bonchev–Trinajstić information content (AvgIpc) is 3.40. The van der Waals surface area contributed by atoms with Gasteiger partial charge in [-0.05, 0) is 23.8 Å². The van der Waals surface area contributed by atoms with Crippen molar-refractivity contribution in [3.05, 3.63) is 94.9 Å². The van der Waals surface area contributed by atoms with E-state index in [4.69, 9.17) is 11.6 Å². The molecular weight excluding hydrogens is 476 g/mol. The zero-order valence-corrected chi connectivity index (χ0v) is 18.4. The molecule has 1 atom stereocenters. The molecule has 1 unspecified atom stereocenters. The highest BCUT2D eigenvalue weighted by molar-refractivity contribution is 6.36.